The fraction of sp³-hybridized carbons (Fsp3) is 0.611. The van der Waals surface area contributed by atoms with Crippen molar-refractivity contribution in [1.29, 1.82) is 0 Å². The summed E-state index contributed by atoms with van der Waals surface area (Å²) in [7, 11) is 0. The second kappa shape index (κ2) is 9.04. The minimum Gasteiger partial charge on any atom is -0.381 e. The molecule has 0 aromatic heterocycles. The lowest BCUT2D eigenvalue weighted by atomic mass is 9.74. The molecule has 2 heterocycles. The number of carbonyl (C=O) groups excluding carboxylic acids is 1. The van der Waals surface area contributed by atoms with Crippen LogP contribution in [-0.4, -0.2) is 38.3 Å². The minimum atomic E-state index is -0.0675. The van der Waals surface area contributed by atoms with Gasteiger partial charge in [-0.2, -0.15) is 0 Å². The summed E-state index contributed by atoms with van der Waals surface area (Å²) < 4.78 is 5.54. The van der Waals surface area contributed by atoms with Crippen molar-refractivity contribution >= 4 is 29.9 Å². The van der Waals surface area contributed by atoms with Crippen molar-refractivity contribution in [2.75, 3.05) is 26.3 Å². The average Bonchev–Trinajstić information content (AvgIpc) is 3.07. The van der Waals surface area contributed by atoms with Crippen molar-refractivity contribution < 1.29 is 9.53 Å². The van der Waals surface area contributed by atoms with Crippen LogP contribution in [0, 0.1) is 0 Å². The number of hydrogen-bond donors (Lipinski definition) is 2. The van der Waals surface area contributed by atoms with E-state index in [9.17, 15) is 4.79 Å². The van der Waals surface area contributed by atoms with Gasteiger partial charge in [0.05, 0.1) is 0 Å². The third-order valence-corrected chi connectivity index (χ3v) is 5.34. The van der Waals surface area contributed by atoms with Gasteiger partial charge in [0.25, 0.3) is 0 Å². The fourth-order valence-corrected chi connectivity index (χ4v) is 3.83. The molecule has 0 saturated carbocycles. The third kappa shape index (κ3) is 4.85. The van der Waals surface area contributed by atoms with E-state index >= 15 is 0 Å². The van der Waals surface area contributed by atoms with Crippen LogP contribution < -0.4 is 10.6 Å². The highest BCUT2D eigenvalue weighted by molar-refractivity contribution is 6.30. The molecular weight excluding hydrogens is 347 g/mol. The van der Waals surface area contributed by atoms with E-state index in [1.165, 1.54) is 12.0 Å². The largest absolute Gasteiger partial charge is 0.381 e. The summed E-state index contributed by atoms with van der Waals surface area (Å²) in [5.41, 5.74) is 1.13. The maximum atomic E-state index is 12.3. The highest BCUT2D eigenvalue weighted by Gasteiger charge is 2.35. The van der Waals surface area contributed by atoms with E-state index in [1.807, 2.05) is 18.2 Å². The van der Waals surface area contributed by atoms with Gasteiger partial charge < -0.3 is 15.4 Å². The van der Waals surface area contributed by atoms with Gasteiger partial charge in [-0.1, -0.05) is 23.7 Å². The van der Waals surface area contributed by atoms with Crippen LogP contribution in [0.3, 0.4) is 0 Å². The van der Waals surface area contributed by atoms with Crippen molar-refractivity contribution in [2.45, 2.75) is 43.6 Å². The van der Waals surface area contributed by atoms with Crippen LogP contribution in [0.15, 0.2) is 24.3 Å². The molecule has 2 saturated heterocycles. The second-order valence-corrected chi connectivity index (χ2v) is 7.11. The highest BCUT2D eigenvalue weighted by atomic mass is 35.5. The van der Waals surface area contributed by atoms with E-state index in [1.54, 1.807) is 0 Å². The fourth-order valence-electron chi connectivity index (χ4n) is 3.64. The van der Waals surface area contributed by atoms with Crippen LogP contribution in [0.1, 0.15) is 37.7 Å². The summed E-state index contributed by atoms with van der Waals surface area (Å²) in [6, 6.07) is 8.35. The number of ether oxygens (including phenoxy) is 1. The molecule has 1 aromatic rings. The molecule has 0 radical (unpaired) electrons. The van der Waals surface area contributed by atoms with Gasteiger partial charge in [0.15, 0.2) is 0 Å². The van der Waals surface area contributed by atoms with Crippen LogP contribution in [0.25, 0.3) is 0 Å². The summed E-state index contributed by atoms with van der Waals surface area (Å²) in [5, 5.41) is 7.28. The van der Waals surface area contributed by atoms with Gasteiger partial charge in [-0.15, -0.1) is 12.4 Å². The Labute approximate surface area is 155 Å². The number of carbonyl (C=O) groups is 1. The first-order chi connectivity index (χ1) is 11.2. The van der Waals surface area contributed by atoms with Gasteiger partial charge in [0.1, 0.15) is 0 Å². The molecule has 24 heavy (non-hydrogen) atoms. The summed E-state index contributed by atoms with van der Waals surface area (Å²) in [6.07, 6.45) is 4.66. The number of halogens is 2. The molecular formula is C18H26Cl2N2O2. The van der Waals surface area contributed by atoms with Crippen molar-refractivity contribution in [3.8, 4) is 0 Å². The van der Waals surface area contributed by atoms with Crippen LogP contribution >= 0.6 is 24.0 Å². The zero-order valence-corrected chi connectivity index (χ0v) is 15.4. The van der Waals surface area contributed by atoms with E-state index in [-0.39, 0.29) is 23.7 Å². The van der Waals surface area contributed by atoms with E-state index in [2.05, 4.69) is 16.7 Å². The number of hydrogen-bond acceptors (Lipinski definition) is 3. The lowest BCUT2D eigenvalue weighted by Gasteiger charge is -2.38. The van der Waals surface area contributed by atoms with Gasteiger partial charge in [-0.25, -0.2) is 0 Å². The van der Waals surface area contributed by atoms with E-state index in [0.717, 1.165) is 44.0 Å². The molecule has 4 nitrogen and oxygen atoms in total. The lowest BCUT2D eigenvalue weighted by molar-refractivity contribution is -0.122. The number of nitrogens with one attached hydrogen (secondary N) is 2. The van der Waals surface area contributed by atoms with Crippen LogP contribution in [0.5, 0.6) is 0 Å². The molecule has 2 aliphatic rings. The quantitative estimate of drug-likeness (QED) is 0.834. The number of rotatable bonds is 5. The molecule has 0 spiro atoms. The molecule has 1 atom stereocenters. The van der Waals surface area contributed by atoms with Crippen LogP contribution in [0.4, 0.5) is 0 Å². The maximum absolute atomic E-state index is 12.3. The summed E-state index contributed by atoms with van der Waals surface area (Å²) in [4.78, 5) is 12.3. The Balaban J connectivity index is 0.00000208. The minimum absolute atomic E-state index is 0. The maximum Gasteiger partial charge on any atom is 0.221 e. The summed E-state index contributed by atoms with van der Waals surface area (Å²) in [5.74, 6) is 0.136. The Morgan fingerprint density at radius 3 is 2.83 bits per heavy atom. The first-order valence-corrected chi connectivity index (χ1v) is 8.90. The molecule has 0 bridgehead atoms. The standard InChI is InChI=1S/C18H25ClN2O2.ClH/c19-15-4-1-3-14(11-15)18(6-9-23-10-7-18)13-21-17(22)12-16-5-2-8-20-16;/h1,3-4,11,16,20H,2,5-10,12-13H2,(H,21,22);1H. The Hall–Kier alpha value is -0.810. The molecule has 6 heteroatoms. The summed E-state index contributed by atoms with van der Waals surface area (Å²) >= 11 is 6.18. The van der Waals surface area contributed by atoms with E-state index < -0.39 is 0 Å². The Kier molecular flexibility index (Phi) is 7.35. The Bertz CT molecular complexity index is 542. The van der Waals surface area contributed by atoms with Gasteiger partial charge >= 0.3 is 0 Å². The molecule has 1 aromatic carbocycles. The van der Waals surface area contributed by atoms with Gasteiger partial charge in [-0.3, -0.25) is 4.79 Å². The highest BCUT2D eigenvalue weighted by Crippen LogP contribution is 2.35. The smallest absolute Gasteiger partial charge is 0.221 e. The van der Waals surface area contributed by atoms with E-state index in [0.29, 0.717) is 19.0 Å². The zero-order valence-electron chi connectivity index (χ0n) is 13.9. The van der Waals surface area contributed by atoms with Gasteiger partial charge in [-0.05, 0) is 49.9 Å². The van der Waals surface area contributed by atoms with Crippen molar-refractivity contribution in [2.24, 2.45) is 0 Å². The van der Waals surface area contributed by atoms with E-state index in [4.69, 9.17) is 16.3 Å². The molecule has 2 N–H and O–H groups in total. The molecule has 2 aliphatic heterocycles. The Morgan fingerprint density at radius 2 is 2.17 bits per heavy atom. The predicted molar refractivity (Wildman–Crippen MR) is 99.1 cm³/mol. The topological polar surface area (TPSA) is 50.4 Å². The molecule has 134 valence electrons. The van der Waals surface area contributed by atoms with Crippen molar-refractivity contribution in [3.63, 3.8) is 0 Å². The van der Waals surface area contributed by atoms with Crippen molar-refractivity contribution in [1.82, 2.24) is 10.6 Å². The monoisotopic (exact) mass is 372 g/mol. The van der Waals surface area contributed by atoms with Crippen molar-refractivity contribution in [3.05, 3.63) is 34.9 Å². The molecule has 3 rings (SSSR count). The number of benzene rings is 1. The van der Waals surface area contributed by atoms with Gasteiger partial charge in [0, 0.05) is 42.7 Å². The van der Waals surface area contributed by atoms with Crippen LogP contribution in [0.2, 0.25) is 5.02 Å². The molecule has 0 aliphatic carbocycles. The Morgan fingerprint density at radius 1 is 1.38 bits per heavy atom. The predicted octanol–water partition coefficient (Wildman–Crippen LogP) is 3.07. The zero-order chi connectivity index (χ0) is 16.1. The second-order valence-electron chi connectivity index (χ2n) is 6.68. The SMILES string of the molecule is Cl.O=C(CC1CCCN1)NCC1(c2cccc(Cl)c2)CCOCC1. The van der Waals surface area contributed by atoms with Gasteiger partial charge in [0.2, 0.25) is 5.91 Å². The molecule has 1 amide bonds. The molecule has 1 unspecified atom stereocenters. The molecule has 2 fully saturated rings. The first kappa shape index (κ1) is 19.5. The lowest BCUT2D eigenvalue weighted by Crippen LogP contribution is -2.45. The van der Waals surface area contributed by atoms with Crippen LogP contribution in [-0.2, 0) is 14.9 Å². The summed E-state index contributed by atoms with van der Waals surface area (Å²) in [6.45, 7) is 3.14. The third-order valence-electron chi connectivity index (χ3n) is 5.11. The number of amides is 1. The first-order valence-electron chi connectivity index (χ1n) is 8.52. The average molecular weight is 373 g/mol. The normalized spacial score (nSPS) is 22.6.